The first-order valence-electron chi connectivity index (χ1n) is 9.91. The summed E-state index contributed by atoms with van der Waals surface area (Å²) in [6, 6.07) is 7.54. The van der Waals surface area contributed by atoms with Crippen LogP contribution in [0.4, 0.5) is 16.4 Å². The molecule has 0 radical (unpaired) electrons. The number of carbonyl (C=O) groups excluding carboxylic acids is 2. The Morgan fingerprint density at radius 1 is 1.19 bits per heavy atom. The molecule has 0 spiro atoms. The minimum atomic E-state index is -0.791. The van der Waals surface area contributed by atoms with Crippen molar-refractivity contribution < 1.29 is 14.3 Å². The van der Waals surface area contributed by atoms with Crippen molar-refractivity contribution in [2.24, 2.45) is 7.05 Å². The fourth-order valence-electron chi connectivity index (χ4n) is 3.52. The van der Waals surface area contributed by atoms with Gasteiger partial charge in [-0.25, -0.2) is 14.7 Å². The molecule has 0 saturated carbocycles. The van der Waals surface area contributed by atoms with Gasteiger partial charge in [0, 0.05) is 29.1 Å². The van der Waals surface area contributed by atoms with Crippen molar-refractivity contribution in [3.63, 3.8) is 0 Å². The number of hydrogen-bond donors (Lipinski definition) is 1. The smallest absolute Gasteiger partial charge is 0.418 e. The number of amides is 2. The topological polar surface area (TPSA) is 89.4 Å². The molecule has 0 fully saturated rings. The van der Waals surface area contributed by atoms with E-state index in [1.54, 1.807) is 37.8 Å². The summed E-state index contributed by atoms with van der Waals surface area (Å²) in [4.78, 5) is 33.2. The van der Waals surface area contributed by atoms with Crippen LogP contribution in [0.25, 0.3) is 10.4 Å². The number of pyridine rings is 1. The Kier molecular flexibility index (Phi) is 4.88. The number of rotatable bonds is 3. The highest BCUT2D eigenvalue weighted by Gasteiger charge is 2.49. The minimum Gasteiger partial charge on any atom is -0.443 e. The number of fused-ring (bicyclic) bond motifs is 1. The molecule has 4 heterocycles. The van der Waals surface area contributed by atoms with E-state index in [1.165, 1.54) is 16.2 Å². The number of nitrogens with zero attached hydrogens (tertiary/aromatic N) is 4. The molecular formula is C22H25N5O3S. The van der Waals surface area contributed by atoms with E-state index < -0.39 is 17.2 Å². The lowest BCUT2D eigenvalue weighted by molar-refractivity contribution is 0.00968. The Hall–Kier alpha value is -3.20. The first kappa shape index (κ1) is 21.0. The molecule has 162 valence electrons. The molecule has 31 heavy (non-hydrogen) atoms. The zero-order chi connectivity index (χ0) is 22.6. The number of nitrogens with one attached hydrogen (secondary N) is 1. The summed E-state index contributed by atoms with van der Waals surface area (Å²) in [7, 11) is 1.85. The van der Waals surface area contributed by atoms with E-state index in [2.05, 4.69) is 15.4 Å². The SMILES string of the molecule is Cn1nccc1Nc1cc(-c2cc3c(s2)C(C)(C)N(C(=O)OC(C)(C)C)C3=O)ccn1. The molecule has 1 aliphatic rings. The summed E-state index contributed by atoms with van der Waals surface area (Å²) < 4.78 is 7.19. The third-order valence-corrected chi connectivity index (χ3v) is 6.47. The van der Waals surface area contributed by atoms with E-state index in [1.807, 2.05) is 45.2 Å². The van der Waals surface area contributed by atoms with Crippen LogP contribution in [0, 0.1) is 0 Å². The van der Waals surface area contributed by atoms with Crippen molar-refractivity contribution in [2.45, 2.75) is 45.8 Å². The molecule has 1 N–H and O–H groups in total. The Balaban J connectivity index is 1.63. The van der Waals surface area contributed by atoms with Crippen LogP contribution in [0.1, 0.15) is 49.9 Å². The lowest BCUT2D eigenvalue weighted by atomic mass is 10.0. The Morgan fingerprint density at radius 3 is 2.55 bits per heavy atom. The van der Waals surface area contributed by atoms with E-state index in [9.17, 15) is 9.59 Å². The molecule has 0 unspecified atom stereocenters. The monoisotopic (exact) mass is 439 g/mol. The molecule has 0 bridgehead atoms. The minimum absolute atomic E-state index is 0.334. The maximum atomic E-state index is 13.1. The third kappa shape index (κ3) is 3.81. The summed E-state index contributed by atoms with van der Waals surface area (Å²) >= 11 is 1.50. The van der Waals surface area contributed by atoms with Crippen molar-refractivity contribution in [3.8, 4) is 10.4 Å². The van der Waals surface area contributed by atoms with Crippen LogP contribution in [-0.2, 0) is 17.3 Å². The van der Waals surface area contributed by atoms with E-state index >= 15 is 0 Å². The van der Waals surface area contributed by atoms with E-state index in [0.29, 0.717) is 11.4 Å². The maximum Gasteiger partial charge on any atom is 0.418 e. The van der Waals surface area contributed by atoms with Gasteiger partial charge in [0.2, 0.25) is 0 Å². The number of aryl methyl sites for hydroxylation is 1. The second-order valence-electron chi connectivity index (χ2n) is 8.93. The molecule has 1 aliphatic heterocycles. The highest BCUT2D eigenvalue weighted by Crippen LogP contribution is 2.46. The molecule has 0 aliphatic carbocycles. The van der Waals surface area contributed by atoms with Gasteiger partial charge < -0.3 is 10.1 Å². The highest BCUT2D eigenvalue weighted by atomic mass is 32.1. The molecule has 4 rings (SSSR count). The van der Waals surface area contributed by atoms with Gasteiger partial charge in [-0.2, -0.15) is 5.10 Å². The van der Waals surface area contributed by atoms with Crippen molar-refractivity contribution in [1.82, 2.24) is 19.7 Å². The lowest BCUT2D eigenvalue weighted by Crippen LogP contribution is -2.46. The Morgan fingerprint density at radius 2 is 1.94 bits per heavy atom. The lowest BCUT2D eigenvalue weighted by Gasteiger charge is -2.32. The summed E-state index contributed by atoms with van der Waals surface area (Å²) in [6.07, 6.45) is 2.80. The van der Waals surface area contributed by atoms with Crippen LogP contribution < -0.4 is 5.32 Å². The number of carbonyl (C=O) groups is 2. The average molecular weight is 440 g/mol. The molecule has 2 amide bonds. The van der Waals surface area contributed by atoms with Gasteiger partial charge in [-0.05, 0) is 58.4 Å². The molecular weight excluding hydrogens is 414 g/mol. The largest absolute Gasteiger partial charge is 0.443 e. The number of aromatic nitrogens is 3. The van der Waals surface area contributed by atoms with Crippen molar-refractivity contribution in [1.29, 1.82) is 0 Å². The molecule has 0 saturated heterocycles. The van der Waals surface area contributed by atoms with Gasteiger partial charge in [0.05, 0.1) is 17.3 Å². The third-order valence-electron chi connectivity index (χ3n) is 4.98. The van der Waals surface area contributed by atoms with E-state index in [4.69, 9.17) is 4.74 Å². The van der Waals surface area contributed by atoms with Gasteiger partial charge in [-0.3, -0.25) is 9.48 Å². The number of ether oxygens (including phenoxy) is 1. The molecule has 0 atom stereocenters. The van der Waals surface area contributed by atoms with Crippen LogP contribution >= 0.6 is 11.3 Å². The highest BCUT2D eigenvalue weighted by molar-refractivity contribution is 7.16. The van der Waals surface area contributed by atoms with Crippen LogP contribution in [0.5, 0.6) is 0 Å². The zero-order valence-electron chi connectivity index (χ0n) is 18.4. The van der Waals surface area contributed by atoms with Crippen LogP contribution in [0.2, 0.25) is 0 Å². The number of hydrogen-bond acceptors (Lipinski definition) is 7. The summed E-state index contributed by atoms with van der Waals surface area (Å²) in [6.45, 7) is 9.08. The second kappa shape index (κ2) is 7.19. The van der Waals surface area contributed by atoms with Gasteiger partial charge in [-0.15, -0.1) is 11.3 Å². The summed E-state index contributed by atoms with van der Waals surface area (Å²) in [5.74, 6) is 1.16. The Labute approximate surface area is 184 Å². The van der Waals surface area contributed by atoms with Crippen molar-refractivity contribution >= 4 is 35.0 Å². The van der Waals surface area contributed by atoms with Crippen molar-refractivity contribution in [2.75, 3.05) is 5.32 Å². The van der Waals surface area contributed by atoms with Gasteiger partial charge in [0.1, 0.15) is 17.2 Å². The van der Waals surface area contributed by atoms with E-state index in [0.717, 1.165) is 21.1 Å². The summed E-state index contributed by atoms with van der Waals surface area (Å²) in [5, 5.41) is 7.38. The predicted octanol–water partition coefficient (Wildman–Crippen LogP) is 4.91. The number of imide groups is 1. The van der Waals surface area contributed by atoms with Gasteiger partial charge in [-0.1, -0.05) is 0 Å². The summed E-state index contributed by atoms with van der Waals surface area (Å²) in [5.41, 5.74) is 0.00366. The Bertz CT molecular complexity index is 1170. The first-order chi connectivity index (χ1) is 14.5. The second-order valence-corrected chi connectivity index (χ2v) is 9.98. The predicted molar refractivity (Wildman–Crippen MR) is 119 cm³/mol. The van der Waals surface area contributed by atoms with Gasteiger partial charge >= 0.3 is 6.09 Å². The number of thiophene rings is 1. The van der Waals surface area contributed by atoms with Crippen LogP contribution in [-0.4, -0.2) is 37.3 Å². The molecule has 9 heteroatoms. The first-order valence-corrected chi connectivity index (χ1v) is 10.7. The fourth-order valence-corrected chi connectivity index (χ4v) is 4.76. The van der Waals surface area contributed by atoms with Gasteiger partial charge in [0.15, 0.2) is 0 Å². The van der Waals surface area contributed by atoms with Crippen LogP contribution in [0.15, 0.2) is 36.7 Å². The molecule has 0 aromatic carbocycles. The standard InChI is InChI=1S/C22H25N5O3S/c1-21(2,3)30-20(29)27-19(28)14-12-15(31-18(14)22(27,4)5)13-7-9-23-16(11-13)25-17-8-10-24-26(17)6/h7-12H,1-6H3,(H,23,25). The maximum absolute atomic E-state index is 13.1. The quantitative estimate of drug-likeness (QED) is 0.623. The van der Waals surface area contributed by atoms with Gasteiger partial charge in [0.25, 0.3) is 5.91 Å². The fraction of sp³-hybridized carbons (Fsp3) is 0.364. The van der Waals surface area contributed by atoms with E-state index in [-0.39, 0.29) is 5.91 Å². The van der Waals surface area contributed by atoms with Crippen molar-refractivity contribution in [3.05, 3.63) is 47.1 Å². The molecule has 3 aromatic rings. The number of anilines is 2. The molecule has 8 nitrogen and oxygen atoms in total. The average Bonchev–Trinajstić information content (AvgIpc) is 3.31. The van der Waals surface area contributed by atoms with Crippen LogP contribution in [0.3, 0.4) is 0 Å². The zero-order valence-corrected chi connectivity index (χ0v) is 19.2. The normalized spacial score (nSPS) is 15.2. The molecule has 3 aromatic heterocycles.